The van der Waals surface area contributed by atoms with Gasteiger partial charge < -0.3 is 20.2 Å². The number of nitrogens with one attached hydrogen (secondary N) is 3. The molecule has 0 radical (unpaired) electrons. The number of halogens is 2. The molecule has 4 rings (SSSR count). The second-order valence-electron chi connectivity index (χ2n) is 6.75. The summed E-state index contributed by atoms with van der Waals surface area (Å²) in [6.07, 6.45) is 6.13. The number of nitrogens with zero attached hydrogens (tertiary/aromatic N) is 4. The number of benzene rings is 1. The predicted molar refractivity (Wildman–Crippen MR) is 119 cm³/mol. The monoisotopic (exact) mass is 497 g/mol. The molecular formula is C19H25FIN7. The highest BCUT2D eigenvalue weighted by Gasteiger charge is 2.15. The van der Waals surface area contributed by atoms with Crippen molar-refractivity contribution in [1.29, 1.82) is 0 Å². The van der Waals surface area contributed by atoms with E-state index in [0.717, 1.165) is 60.0 Å². The van der Waals surface area contributed by atoms with Gasteiger partial charge in [0.25, 0.3) is 0 Å². The molecule has 3 heterocycles. The Labute approximate surface area is 180 Å². The second kappa shape index (κ2) is 9.35. The highest BCUT2D eigenvalue weighted by Crippen LogP contribution is 2.19. The average Bonchev–Trinajstić information content (AvgIpc) is 3.28. The molecule has 9 heteroatoms. The predicted octanol–water partition coefficient (Wildman–Crippen LogP) is 2.76. The summed E-state index contributed by atoms with van der Waals surface area (Å²) in [5.74, 6) is 2.53. The third kappa shape index (κ3) is 4.45. The Hall–Kier alpha value is -2.17. The van der Waals surface area contributed by atoms with Gasteiger partial charge in [-0.1, -0.05) is 0 Å². The van der Waals surface area contributed by atoms with Crippen molar-refractivity contribution in [3.63, 3.8) is 0 Å². The van der Waals surface area contributed by atoms with Gasteiger partial charge in [-0.3, -0.25) is 4.99 Å². The fourth-order valence-electron chi connectivity index (χ4n) is 3.56. The molecular weight excluding hydrogens is 472 g/mol. The molecule has 1 aromatic carbocycles. The Bertz CT molecular complexity index is 963. The minimum Gasteiger partial charge on any atom is -0.361 e. The highest BCUT2D eigenvalue weighted by molar-refractivity contribution is 14.0. The van der Waals surface area contributed by atoms with Gasteiger partial charge in [-0.05, 0) is 43.0 Å². The molecule has 1 aliphatic rings. The van der Waals surface area contributed by atoms with Crippen molar-refractivity contribution in [3.8, 4) is 0 Å². The molecule has 0 saturated carbocycles. The Morgan fingerprint density at radius 1 is 1.29 bits per heavy atom. The van der Waals surface area contributed by atoms with Gasteiger partial charge in [-0.2, -0.15) is 0 Å². The van der Waals surface area contributed by atoms with E-state index < -0.39 is 0 Å². The maximum Gasteiger partial charge on any atom is 0.191 e. The van der Waals surface area contributed by atoms with Crippen LogP contribution < -0.4 is 10.6 Å². The summed E-state index contributed by atoms with van der Waals surface area (Å²) in [5.41, 5.74) is 1.98. The average molecular weight is 497 g/mol. The number of aromatic amines is 1. The lowest BCUT2D eigenvalue weighted by Crippen LogP contribution is -2.38. The summed E-state index contributed by atoms with van der Waals surface area (Å²) in [6, 6.07) is 4.83. The number of hydrogen-bond acceptors (Lipinski definition) is 3. The molecule has 2 aromatic heterocycles. The third-order valence-corrected chi connectivity index (χ3v) is 4.99. The molecule has 150 valence electrons. The molecule has 28 heavy (non-hydrogen) atoms. The zero-order valence-electron chi connectivity index (χ0n) is 15.8. The van der Waals surface area contributed by atoms with Gasteiger partial charge >= 0.3 is 0 Å². The first kappa shape index (κ1) is 20.6. The van der Waals surface area contributed by atoms with Crippen molar-refractivity contribution in [2.45, 2.75) is 38.8 Å². The van der Waals surface area contributed by atoms with Gasteiger partial charge in [-0.25, -0.2) is 4.39 Å². The van der Waals surface area contributed by atoms with Crippen LogP contribution in [0.2, 0.25) is 0 Å². The Kier molecular flexibility index (Phi) is 6.87. The van der Waals surface area contributed by atoms with Crippen molar-refractivity contribution >= 4 is 40.8 Å². The normalized spacial score (nSPS) is 13.9. The van der Waals surface area contributed by atoms with Crippen molar-refractivity contribution < 1.29 is 4.39 Å². The Balaban J connectivity index is 0.00000225. The number of aliphatic imine (C=N–C) groups is 1. The summed E-state index contributed by atoms with van der Waals surface area (Å²) >= 11 is 0. The number of guanidine groups is 1. The highest BCUT2D eigenvalue weighted by atomic mass is 127. The van der Waals surface area contributed by atoms with E-state index in [-0.39, 0.29) is 29.8 Å². The lowest BCUT2D eigenvalue weighted by Gasteiger charge is -2.16. The van der Waals surface area contributed by atoms with Gasteiger partial charge in [0.1, 0.15) is 11.6 Å². The van der Waals surface area contributed by atoms with Crippen molar-refractivity contribution in [2.24, 2.45) is 4.99 Å². The van der Waals surface area contributed by atoms with Crippen LogP contribution >= 0.6 is 24.0 Å². The fraction of sp³-hybridized carbons (Fsp3) is 0.421. The van der Waals surface area contributed by atoms with Crippen LogP contribution in [0.15, 0.2) is 29.4 Å². The van der Waals surface area contributed by atoms with E-state index >= 15 is 0 Å². The van der Waals surface area contributed by atoms with Gasteiger partial charge in [0.15, 0.2) is 11.8 Å². The fourth-order valence-corrected chi connectivity index (χ4v) is 3.56. The SMILES string of the molecule is CN=C(NCCc1c[nH]c2cc(F)ccc12)NCc1nnc2n1CCCC2.I. The van der Waals surface area contributed by atoms with Crippen LogP contribution in [0.4, 0.5) is 4.39 Å². The zero-order valence-corrected chi connectivity index (χ0v) is 18.2. The van der Waals surface area contributed by atoms with E-state index in [2.05, 4.69) is 35.4 Å². The van der Waals surface area contributed by atoms with E-state index in [0.29, 0.717) is 6.54 Å². The molecule has 0 spiro atoms. The Morgan fingerprint density at radius 3 is 3.04 bits per heavy atom. The quantitative estimate of drug-likeness (QED) is 0.288. The van der Waals surface area contributed by atoms with Crippen LogP contribution in [0, 0.1) is 5.82 Å². The van der Waals surface area contributed by atoms with E-state index in [4.69, 9.17) is 0 Å². The molecule has 3 aromatic rings. The van der Waals surface area contributed by atoms with Gasteiger partial charge in [0, 0.05) is 43.7 Å². The topological polar surface area (TPSA) is 82.9 Å². The summed E-state index contributed by atoms with van der Waals surface area (Å²) in [5, 5.41) is 16.2. The van der Waals surface area contributed by atoms with Gasteiger partial charge in [0.2, 0.25) is 0 Å². The van der Waals surface area contributed by atoms with Crippen LogP contribution in [-0.4, -0.2) is 39.3 Å². The van der Waals surface area contributed by atoms with Crippen LogP contribution in [0.3, 0.4) is 0 Å². The van der Waals surface area contributed by atoms with Crippen LogP contribution in [0.5, 0.6) is 0 Å². The standard InChI is InChI=1S/C19H24FN7.HI/c1-21-19(24-12-18-26-25-17-4-2-3-9-27(17)18)22-8-7-13-11-23-16-10-14(20)5-6-15(13)16;/h5-6,10-11,23H,2-4,7-9,12H2,1H3,(H2,21,22,24);1H. The summed E-state index contributed by atoms with van der Waals surface area (Å²) in [7, 11) is 1.75. The second-order valence-corrected chi connectivity index (χ2v) is 6.75. The molecule has 0 amide bonds. The third-order valence-electron chi connectivity index (χ3n) is 4.99. The number of rotatable bonds is 5. The molecule has 0 aliphatic carbocycles. The largest absolute Gasteiger partial charge is 0.361 e. The molecule has 0 unspecified atom stereocenters. The number of aromatic nitrogens is 4. The number of fused-ring (bicyclic) bond motifs is 2. The lowest BCUT2D eigenvalue weighted by atomic mass is 10.1. The first-order valence-corrected chi connectivity index (χ1v) is 9.35. The molecule has 0 bridgehead atoms. The van der Waals surface area contributed by atoms with Gasteiger partial charge in [0.05, 0.1) is 6.54 Å². The number of aryl methyl sites for hydroxylation is 1. The maximum absolute atomic E-state index is 13.3. The smallest absolute Gasteiger partial charge is 0.191 e. The maximum atomic E-state index is 13.3. The molecule has 7 nitrogen and oxygen atoms in total. The zero-order chi connectivity index (χ0) is 18.6. The lowest BCUT2D eigenvalue weighted by molar-refractivity contribution is 0.504. The number of H-pyrrole nitrogens is 1. The first-order chi connectivity index (χ1) is 13.2. The summed E-state index contributed by atoms with van der Waals surface area (Å²) < 4.78 is 15.5. The molecule has 3 N–H and O–H groups in total. The number of hydrogen-bond donors (Lipinski definition) is 3. The van der Waals surface area contributed by atoms with E-state index in [1.165, 1.54) is 25.0 Å². The van der Waals surface area contributed by atoms with E-state index in [1.807, 2.05) is 12.3 Å². The van der Waals surface area contributed by atoms with E-state index in [1.54, 1.807) is 7.05 Å². The molecule has 0 atom stereocenters. The van der Waals surface area contributed by atoms with E-state index in [9.17, 15) is 4.39 Å². The van der Waals surface area contributed by atoms with Crippen molar-refractivity contribution in [1.82, 2.24) is 30.4 Å². The first-order valence-electron chi connectivity index (χ1n) is 9.35. The van der Waals surface area contributed by atoms with Crippen molar-refractivity contribution in [2.75, 3.05) is 13.6 Å². The van der Waals surface area contributed by atoms with Crippen LogP contribution in [-0.2, 0) is 25.9 Å². The molecule has 0 saturated heterocycles. The van der Waals surface area contributed by atoms with Crippen LogP contribution in [0.1, 0.15) is 30.1 Å². The summed E-state index contributed by atoms with van der Waals surface area (Å²) in [4.78, 5) is 7.39. The van der Waals surface area contributed by atoms with Crippen LogP contribution in [0.25, 0.3) is 10.9 Å². The minimum atomic E-state index is -0.228. The van der Waals surface area contributed by atoms with Crippen molar-refractivity contribution in [3.05, 3.63) is 47.4 Å². The van der Waals surface area contributed by atoms with Gasteiger partial charge in [-0.15, -0.1) is 34.2 Å². The molecule has 1 aliphatic heterocycles. The summed E-state index contributed by atoms with van der Waals surface area (Å²) in [6.45, 7) is 2.31. The molecule has 0 fully saturated rings. The Morgan fingerprint density at radius 2 is 2.18 bits per heavy atom. The minimum absolute atomic E-state index is 0.